The molecule has 2 heterocycles. The summed E-state index contributed by atoms with van der Waals surface area (Å²) in [5, 5.41) is 1.60. The summed E-state index contributed by atoms with van der Waals surface area (Å²) in [7, 11) is 4.06. The van der Waals surface area contributed by atoms with Gasteiger partial charge in [0.05, 0.1) is 15.8 Å². The summed E-state index contributed by atoms with van der Waals surface area (Å²) in [4.78, 5) is 19.2. The third-order valence-electron chi connectivity index (χ3n) is 4.54. The lowest BCUT2D eigenvalue weighted by Gasteiger charge is -2.20. The maximum Gasteiger partial charge on any atom is 0.346 e. The first-order chi connectivity index (χ1) is 12.0. The smallest absolute Gasteiger partial charge is 0.346 e. The fraction of sp³-hybridized carbons (Fsp3) is 0.200. The van der Waals surface area contributed by atoms with E-state index in [1.807, 2.05) is 56.6 Å². The van der Waals surface area contributed by atoms with Crippen molar-refractivity contribution in [1.29, 1.82) is 0 Å². The summed E-state index contributed by atoms with van der Waals surface area (Å²) >= 11 is 1.51. The Morgan fingerprint density at radius 1 is 1.12 bits per heavy atom. The van der Waals surface area contributed by atoms with Gasteiger partial charge in [0.2, 0.25) is 0 Å². The number of nitrogens with zero attached hydrogens (tertiary/aromatic N) is 2. The van der Waals surface area contributed by atoms with Gasteiger partial charge in [-0.2, -0.15) is 0 Å². The highest BCUT2D eigenvalue weighted by Crippen LogP contribution is 2.30. The fourth-order valence-corrected chi connectivity index (χ4v) is 3.79. The van der Waals surface area contributed by atoms with Gasteiger partial charge in [-0.3, -0.25) is 0 Å². The van der Waals surface area contributed by atoms with Crippen molar-refractivity contribution in [3.8, 4) is 10.6 Å². The molecule has 0 aliphatic heterocycles. The van der Waals surface area contributed by atoms with Crippen LogP contribution < -0.4 is 5.63 Å². The summed E-state index contributed by atoms with van der Waals surface area (Å²) in [5.41, 5.74) is 2.80. The molecule has 25 heavy (non-hydrogen) atoms. The van der Waals surface area contributed by atoms with E-state index in [0.29, 0.717) is 16.2 Å². The Balaban J connectivity index is 1.84. The summed E-state index contributed by atoms with van der Waals surface area (Å²) < 4.78 is 6.67. The molecular weight excluding hydrogens is 332 g/mol. The average Bonchev–Trinajstić information content (AvgIpc) is 3.03. The van der Waals surface area contributed by atoms with E-state index in [9.17, 15) is 4.79 Å². The van der Waals surface area contributed by atoms with Crippen LogP contribution in [0.15, 0.2) is 57.7 Å². The molecule has 4 aromatic rings. The van der Waals surface area contributed by atoms with E-state index in [2.05, 4.69) is 22.9 Å². The van der Waals surface area contributed by atoms with Gasteiger partial charge < -0.3 is 9.32 Å². The highest BCUT2D eigenvalue weighted by Gasteiger charge is 2.14. The lowest BCUT2D eigenvalue weighted by Crippen LogP contribution is -2.16. The molecule has 5 heteroatoms. The Kier molecular flexibility index (Phi) is 3.90. The van der Waals surface area contributed by atoms with E-state index < -0.39 is 0 Å². The Bertz CT molecular complexity index is 1090. The first-order valence-corrected chi connectivity index (χ1v) is 8.95. The van der Waals surface area contributed by atoms with Gasteiger partial charge in [-0.05, 0) is 50.8 Å². The zero-order valence-corrected chi connectivity index (χ0v) is 15.1. The first kappa shape index (κ1) is 16.0. The molecule has 0 aliphatic carbocycles. The van der Waals surface area contributed by atoms with Gasteiger partial charge in [-0.25, -0.2) is 9.78 Å². The van der Waals surface area contributed by atoms with Crippen molar-refractivity contribution in [3.63, 3.8) is 0 Å². The number of hydrogen-bond donors (Lipinski definition) is 0. The van der Waals surface area contributed by atoms with Crippen molar-refractivity contribution >= 4 is 32.5 Å². The molecule has 0 aliphatic rings. The standard InChI is InChI=1S/C20H18N2O2S/c1-12(22(2)3)13-8-9-14-10-15(20(23)24-17(14)11-13)19-21-16-6-4-5-7-18(16)25-19/h4-12H,1-3H3. The zero-order valence-electron chi connectivity index (χ0n) is 14.3. The SMILES string of the molecule is CC(c1ccc2cc(-c3nc4ccccc4s3)c(=O)oc2c1)N(C)C. The number of fused-ring (bicyclic) bond motifs is 2. The molecule has 4 nitrogen and oxygen atoms in total. The fourth-order valence-electron chi connectivity index (χ4n) is 2.82. The minimum absolute atomic E-state index is 0.249. The monoisotopic (exact) mass is 350 g/mol. The molecule has 126 valence electrons. The van der Waals surface area contributed by atoms with Gasteiger partial charge in [0, 0.05) is 11.4 Å². The average molecular weight is 350 g/mol. The van der Waals surface area contributed by atoms with Crippen LogP contribution in [-0.4, -0.2) is 24.0 Å². The first-order valence-electron chi connectivity index (χ1n) is 8.13. The van der Waals surface area contributed by atoms with Gasteiger partial charge in [-0.1, -0.05) is 24.3 Å². The van der Waals surface area contributed by atoms with Crippen molar-refractivity contribution in [3.05, 3.63) is 64.5 Å². The van der Waals surface area contributed by atoms with Crippen molar-refractivity contribution in [1.82, 2.24) is 9.88 Å². The molecular formula is C20H18N2O2S. The van der Waals surface area contributed by atoms with E-state index >= 15 is 0 Å². The maximum atomic E-state index is 12.5. The van der Waals surface area contributed by atoms with E-state index in [-0.39, 0.29) is 11.7 Å². The molecule has 0 saturated heterocycles. The number of thiazole rings is 1. The molecule has 1 atom stereocenters. The highest BCUT2D eigenvalue weighted by atomic mass is 32.1. The second-order valence-corrected chi connectivity index (χ2v) is 7.40. The summed E-state index contributed by atoms with van der Waals surface area (Å²) in [5.74, 6) is 0. The van der Waals surface area contributed by atoms with Gasteiger partial charge in [-0.15, -0.1) is 11.3 Å². The molecule has 0 radical (unpaired) electrons. The third-order valence-corrected chi connectivity index (χ3v) is 5.61. The number of aromatic nitrogens is 1. The molecule has 2 aromatic carbocycles. The second-order valence-electron chi connectivity index (χ2n) is 6.37. The topological polar surface area (TPSA) is 46.3 Å². The molecule has 0 N–H and O–H groups in total. The minimum Gasteiger partial charge on any atom is -0.422 e. The van der Waals surface area contributed by atoms with Crippen LogP contribution in [0.4, 0.5) is 0 Å². The van der Waals surface area contributed by atoms with Crippen molar-refractivity contribution < 1.29 is 4.42 Å². The predicted octanol–water partition coefficient (Wildman–Crippen LogP) is 4.69. The minimum atomic E-state index is -0.346. The number of benzene rings is 2. The van der Waals surface area contributed by atoms with Crippen LogP contribution in [0.5, 0.6) is 0 Å². The van der Waals surface area contributed by atoms with E-state index in [4.69, 9.17) is 4.42 Å². The Morgan fingerprint density at radius 3 is 2.68 bits per heavy atom. The third kappa shape index (κ3) is 2.86. The Labute approximate surface area is 149 Å². The van der Waals surface area contributed by atoms with Gasteiger partial charge in [0.25, 0.3) is 0 Å². The molecule has 0 spiro atoms. The van der Waals surface area contributed by atoms with Crippen LogP contribution >= 0.6 is 11.3 Å². The molecule has 0 saturated carbocycles. The summed E-state index contributed by atoms with van der Waals surface area (Å²) in [6.45, 7) is 2.12. The maximum absolute atomic E-state index is 12.5. The summed E-state index contributed by atoms with van der Waals surface area (Å²) in [6.07, 6.45) is 0. The van der Waals surface area contributed by atoms with Crippen LogP contribution in [-0.2, 0) is 0 Å². The molecule has 4 rings (SSSR count). The quantitative estimate of drug-likeness (QED) is 0.503. The van der Waals surface area contributed by atoms with Crippen molar-refractivity contribution in [2.24, 2.45) is 0 Å². The Morgan fingerprint density at radius 2 is 1.92 bits per heavy atom. The molecule has 0 amide bonds. The van der Waals surface area contributed by atoms with E-state index in [1.165, 1.54) is 11.3 Å². The molecule has 2 aromatic heterocycles. The van der Waals surface area contributed by atoms with E-state index in [1.54, 1.807) is 0 Å². The van der Waals surface area contributed by atoms with Crippen LogP contribution in [0.1, 0.15) is 18.5 Å². The lowest BCUT2D eigenvalue weighted by molar-refractivity contribution is 0.321. The number of hydrogen-bond acceptors (Lipinski definition) is 5. The van der Waals surface area contributed by atoms with Gasteiger partial charge in [0.15, 0.2) is 0 Å². The second kappa shape index (κ2) is 6.10. The van der Waals surface area contributed by atoms with Gasteiger partial charge in [0.1, 0.15) is 10.6 Å². The zero-order chi connectivity index (χ0) is 17.6. The van der Waals surface area contributed by atoms with Crippen LogP contribution in [0, 0.1) is 0 Å². The van der Waals surface area contributed by atoms with Crippen LogP contribution in [0.2, 0.25) is 0 Å². The summed E-state index contributed by atoms with van der Waals surface area (Å²) in [6, 6.07) is 16.0. The molecule has 0 bridgehead atoms. The van der Waals surface area contributed by atoms with Crippen LogP contribution in [0.25, 0.3) is 31.8 Å². The normalized spacial score (nSPS) is 13.0. The number of rotatable bonds is 3. The lowest BCUT2D eigenvalue weighted by atomic mass is 10.1. The molecule has 0 fully saturated rings. The van der Waals surface area contributed by atoms with E-state index in [0.717, 1.165) is 21.2 Å². The van der Waals surface area contributed by atoms with Crippen LogP contribution in [0.3, 0.4) is 0 Å². The van der Waals surface area contributed by atoms with Crippen molar-refractivity contribution in [2.45, 2.75) is 13.0 Å². The van der Waals surface area contributed by atoms with Crippen molar-refractivity contribution in [2.75, 3.05) is 14.1 Å². The number of para-hydroxylation sites is 1. The largest absolute Gasteiger partial charge is 0.422 e. The molecule has 1 unspecified atom stereocenters. The van der Waals surface area contributed by atoms with Gasteiger partial charge >= 0.3 is 5.63 Å². The Hall–Kier alpha value is -2.50. The predicted molar refractivity (Wildman–Crippen MR) is 103 cm³/mol. The highest BCUT2D eigenvalue weighted by molar-refractivity contribution is 7.21.